The average Bonchev–Trinajstić information content (AvgIpc) is 2.26. The molecule has 0 fully saturated rings. The van der Waals surface area contributed by atoms with Crippen molar-refractivity contribution < 1.29 is 4.79 Å². The van der Waals surface area contributed by atoms with E-state index in [-0.39, 0.29) is 5.91 Å². The lowest BCUT2D eigenvalue weighted by atomic mass is 10.1. The van der Waals surface area contributed by atoms with Crippen LogP contribution in [-0.4, -0.2) is 12.5 Å². The smallest absolute Gasteiger partial charge is 0.219 e. The van der Waals surface area contributed by atoms with Crippen LogP contribution >= 0.6 is 0 Å². The molecule has 0 radical (unpaired) electrons. The maximum atomic E-state index is 11.0. The molecule has 0 aliphatic heterocycles. The molecule has 1 rings (SSSR count). The van der Waals surface area contributed by atoms with Gasteiger partial charge in [0.15, 0.2) is 0 Å². The van der Waals surface area contributed by atoms with Crippen LogP contribution in [0.25, 0.3) is 0 Å². The Bertz CT molecular complexity index is 303. The summed E-state index contributed by atoms with van der Waals surface area (Å²) in [5.74, 6) is 0.138. The summed E-state index contributed by atoms with van der Waals surface area (Å²) in [5.41, 5.74) is 2.63. The first-order valence-corrected chi connectivity index (χ1v) is 5.54. The summed E-state index contributed by atoms with van der Waals surface area (Å²) in [6.45, 7) is 4.74. The van der Waals surface area contributed by atoms with Crippen LogP contribution in [0.1, 0.15) is 30.9 Å². The first-order chi connectivity index (χ1) is 7.22. The fourth-order valence-corrected chi connectivity index (χ4v) is 1.40. The number of aryl methyl sites for hydroxylation is 2. The summed E-state index contributed by atoms with van der Waals surface area (Å²) < 4.78 is 0. The van der Waals surface area contributed by atoms with Crippen LogP contribution in [0, 0.1) is 6.92 Å². The number of carbonyl (C=O) groups is 1. The van der Waals surface area contributed by atoms with E-state index in [0.29, 0.717) is 6.42 Å². The van der Waals surface area contributed by atoms with Crippen LogP contribution in [0.2, 0.25) is 0 Å². The standard InChI is InChI=1S/C13H19NO/c1-3-13(15)14-10-4-5-12-8-6-11(2)7-9-12/h6-9H,3-5,10H2,1-2H3,(H,14,15). The molecule has 1 amide bonds. The SMILES string of the molecule is CCC(=O)NCCCc1ccc(C)cc1. The van der Waals surface area contributed by atoms with Crippen molar-refractivity contribution in [1.29, 1.82) is 0 Å². The second kappa shape index (κ2) is 6.23. The van der Waals surface area contributed by atoms with E-state index in [1.807, 2.05) is 6.92 Å². The molecule has 2 nitrogen and oxygen atoms in total. The average molecular weight is 205 g/mol. The fraction of sp³-hybridized carbons (Fsp3) is 0.462. The summed E-state index contributed by atoms with van der Waals surface area (Å²) in [7, 11) is 0. The van der Waals surface area contributed by atoms with Crippen molar-refractivity contribution in [1.82, 2.24) is 5.32 Å². The molecule has 1 aromatic carbocycles. The molecule has 0 heterocycles. The summed E-state index contributed by atoms with van der Waals surface area (Å²) in [6, 6.07) is 8.55. The molecule has 0 aromatic heterocycles. The number of rotatable bonds is 5. The van der Waals surface area contributed by atoms with Gasteiger partial charge in [-0.25, -0.2) is 0 Å². The summed E-state index contributed by atoms with van der Waals surface area (Å²) in [4.78, 5) is 11.0. The first kappa shape index (κ1) is 11.8. The van der Waals surface area contributed by atoms with Gasteiger partial charge in [0.25, 0.3) is 0 Å². The monoisotopic (exact) mass is 205 g/mol. The number of amides is 1. The zero-order valence-electron chi connectivity index (χ0n) is 9.55. The van der Waals surface area contributed by atoms with Crippen molar-refractivity contribution in [3.8, 4) is 0 Å². The van der Waals surface area contributed by atoms with Crippen molar-refractivity contribution in [3.05, 3.63) is 35.4 Å². The van der Waals surface area contributed by atoms with Gasteiger partial charge in [0.05, 0.1) is 0 Å². The summed E-state index contributed by atoms with van der Waals surface area (Å²) in [6.07, 6.45) is 2.61. The van der Waals surface area contributed by atoms with Crippen molar-refractivity contribution in [2.75, 3.05) is 6.54 Å². The predicted molar refractivity (Wildman–Crippen MR) is 62.8 cm³/mol. The number of benzene rings is 1. The molecule has 15 heavy (non-hydrogen) atoms. The van der Waals surface area contributed by atoms with Crippen LogP contribution in [0.4, 0.5) is 0 Å². The van der Waals surface area contributed by atoms with Gasteiger partial charge in [0.2, 0.25) is 5.91 Å². The number of hydrogen-bond acceptors (Lipinski definition) is 1. The first-order valence-electron chi connectivity index (χ1n) is 5.54. The van der Waals surface area contributed by atoms with E-state index in [9.17, 15) is 4.79 Å². The highest BCUT2D eigenvalue weighted by Crippen LogP contribution is 2.05. The van der Waals surface area contributed by atoms with Crippen LogP contribution in [-0.2, 0) is 11.2 Å². The highest BCUT2D eigenvalue weighted by Gasteiger charge is 1.96. The zero-order valence-corrected chi connectivity index (χ0v) is 9.55. The van der Waals surface area contributed by atoms with Crippen molar-refractivity contribution in [2.45, 2.75) is 33.1 Å². The molecule has 2 heteroatoms. The van der Waals surface area contributed by atoms with E-state index in [2.05, 4.69) is 36.5 Å². The fourth-order valence-electron chi connectivity index (χ4n) is 1.40. The summed E-state index contributed by atoms with van der Waals surface area (Å²) in [5, 5.41) is 2.88. The van der Waals surface area contributed by atoms with Gasteiger partial charge >= 0.3 is 0 Å². The third-order valence-electron chi connectivity index (χ3n) is 2.41. The Morgan fingerprint density at radius 2 is 1.93 bits per heavy atom. The van der Waals surface area contributed by atoms with Gasteiger partial charge in [-0.15, -0.1) is 0 Å². The molecule has 82 valence electrons. The zero-order chi connectivity index (χ0) is 11.1. The Balaban J connectivity index is 2.20. The maximum absolute atomic E-state index is 11.0. The molecule has 0 saturated heterocycles. The van der Waals surface area contributed by atoms with Crippen molar-refractivity contribution in [3.63, 3.8) is 0 Å². The third kappa shape index (κ3) is 4.63. The van der Waals surface area contributed by atoms with Crippen LogP contribution in [0.15, 0.2) is 24.3 Å². The van der Waals surface area contributed by atoms with Gasteiger partial charge in [-0.05, 0) is 25.3 Å². The van der Waals surface area contributed by atoms with Crippen LogP contribution < -0.4 is 5.32 Å². The van der Waals surface area contributed by atoms with Gasteiger partial charge in [0.1, 0.15) is 0 Å². The highest BCUT2D eigenvalue weighted by atomic mass is 16.1. The topological polar surface area (TPSA) is 29.1 Å². The molecule has 1 aromatic rings. The minimum atomic E-state index is 0.138. The van der Waals surface area contributed by atoms with Gasteiger partial charge in [-0.3, -0.25) is 4.79 Å². The second-order valence-corrected chi connectivity index (χ2v) is 3.79. The summed E-state index contributed by atoms with van der Waals surface area (Å²) >= 11 is 0. The van der Waals surface area contributed by atoms with Gasteiger partial charge in [0, 0.05) is 13.0 Å². The molecule has 0 saturated carbocycles. The second-order valence-electron chi connectivity index (χ2n) is 3.79. The van der Waals surface area contributed by atoms with Gasteiger partial charge < -0.3 is 5.32 Å². The van der Waals surface area contributed by atoms with E-state index >= 15 is 0 Å². The number of hydrogen-bond donors (Lipinski definition) is 1. The molecule has 0 spiro atoms. The van der Waals surface area contributed by atoms with E-state index < -0.39 is 0 Å². The predicted octanol–water partition coefficient (Wildman–Crippen LogP) is 2.45. The Labute approximate surface area is 91.7 Å². The highest BCUT2D eigenvalue weighted by molar-refractivity contribution is 5.75. The van der Waals surface area contributed by atoms with Crippen molar-refractivity contribution in [2.24, 2.45) is 0 Å². The lowest BCUT2D eigenvalue weighted by molar-refractivity contribution is -0.120. The molecule has 0 aliphatic carbocycles. The molecule has 0 aliphatic rings. The Hall–Kier alpha value is -1.31. The molecule has 1 N–H and O–H groups in total. The molecule has 0 atom stereocenters. The number of nitrogens with one attached hydrogen (secondary N) is 1. The molecule has 0 unspecified atom stereocenters. The van der Waals surface area contributed by atoms with Gasteiger partial charge in [-0.1, -0.05) is 36.8 Å². The van der Waals surface area contributed by atoms with Gasteiger partial charge in [-0.2, -0.15) is 0 Å². The Morgan fingerprint density at radius 1 is 1.27 bits per heavy atom. The van der Waals surface area contributed by atoms with E-state index in [4.69, 9.17) is 0 Å². The Kier molecular flexibility index (Phi) is 4.88. The largest absolute Gasteiger partial charge is 0.356 e. The minimum Gasteiger partial charge on any atom is -0.356 e. The van der Waals surface area contributed by atoms with E-state index in [1.54, 1.807) is 0 Å². The number of carbonyl (C=O) groups excluding carboxylic acids is 1. The Morgan fingerprint density at radius 3 is 2.53 bits per heavy atom. The minimum absolute atomic E-state index is 0.138. The quantitative estimate of drug-likeness (QED) is 0.735. The molecular formula is C13H19NO. The van der Waals surface area contributed by atoms with E-state index in [0.717, 1.165) is 19.4 Å². The third-order valence-corrected chi connectivity index (χ3v) is 2.41. The van der Waals surface area contributed by atoms with Crippen LogP contribution in [0.3, 0.4) is 0 Å². The van der Waals surface area contributed by atoms with E-state index in [1.165, 1.54) is 11.1 Å². The molecular weight excluding hydrogens is 186 g/mol. The lowest BCUT2D eigenvalue weighted by Crippen LogP contribution is -2.23. The molecule has 0 bridgehead atoms. The lowest BCUT2D eigenvalue weighted by Gasteiger charge is -2.04. The maximum Gasteiger partial charge on any atom is 0.219 e. The van der Waals surface area contributed by atoms with Crippen molar-refractivity contribution >= 4 is 5.91 Å². The van der Waals surface area contributed by atoms with Crippen LogP contribution in [0.5, 0.6) is 0 Å². The normalized spacial score (nSPS) is 10.0.